The van der Waals surface area contributed by atoms with Crippen LogP contribution in [0.15, 0.2) is 16.6 Å². The molecule has 5 heteroatoms. The van der Waals surface area contributed by atoms with Gasteiger partial charge in [-0.2, -0.15) is 0 Å². The van der Waals surface area contributed by atoms with Crippen molar-refractivity contribution >= 4 is 21.9 Å². The molecule has 0 spiro atoms. The summed E-state index contributed by atoms with van der Waals surface area (Å²) in [5.41, 5.74) is -0.178. The van der Waals surface area contributed by atoms with Crippen molar-refractivity contribution in [2.75, 3.05) is 6.61 Å². The summed E-state index contributed by atoms with van der Waals surface area (Å²) in [7, 11) is 0. The number of hydrogen-bond donors (Lipinski definition) is 2. The number of carboxylic acids is 1. The zero-order valence-corrected chi connectivity index (χ0v) is 9.04. The molecule has 2 N–H and O–H groups in total. The number of aromatic carboxylic acids is 1. The summed E-state index contributed by atoms with van der Waals surface area (Å²) in [4.78, 5) is 10.7. The van der Waals surface area contributed by atoms with E-state index >= 15 is 0 Å². The van der Waals surface area contributed by atoms with Crippen LogP contribution in [-0.2, 0) is 0 Å². The minimum atomic E-state index is -1.19. The van der Waals surface area contributed by atoms with Crippen LogP contribution in [-0.4, -0.2) is 22.8 Å². The van der Waals surface area contributed by atoms with Crippen molar-refractivity contribution in [3.05, 3.63) is 22.2 Å². The lowest BCUT2D eigenvalue weighted by Crippen LogP contribution is -2.00. The van der Waals surface area contributed by atoms with E-state index in [0.29, 0.717) is 11.1 Å². The van der Waals surface area contributed by atoms with Gasteiger partial charge in [-0.25, -0.2) is 4.79 Å². The third-order valence-corrected chi connectivity index (χ3v) is 2.03. The van der Waals surface area contributed by atoms with Crippen LogP contribution in [0.3, 0.4) is 0 Å². The van der Waals surface area contributed by atoms with Gasteiger partial charge in [-0.05, 0) is 19.1 Å². The Morgan fingerprint density at radius 1 is 1.57 bits per heavy atom. The third kappa shape index (κ3) is 2.17. The predicted octanol–water partition coefficient (Wildman–Crippen LogP) is 2.25. The van der Waals surface area contributed by atoms with Crippen molar-refractivity contribution in [1.82, 2.24) is 0 Å². The van der Waals surface area contributed by atoms with Gasteiger partial charge in [0.15, 0.2) is 11.5 Å². The maximum absolute atomic E-state index is 10.7. The van der Waals surface area contributed by atoms with Crippen LogP contribution in [0, 0.1) is 0 Å². The first-order valence-electron chi connectivity index (χ1n) is 3.94. The molecule has 76 valence electrons. The van der Waals surface area contributed by atoms with Gasteiger partial charge in [0.2, 0.25) is 0 Å². The van der Waals surface area contributed by atoms with E-state index in [1.807, 2.05) is 0 Å². The summed E-state index contributed by atoms with van der Waals surface area (Å²) in [6.45, 7) is 2.11. The predicted molar refractivity (Wildman–Crippen MR) is 53.9 cm³/mol. The molecular weight excluding hydrogens is 252 g/mol. The fraction of sp³-hybridized carbons (Fsp3) is 0.222. The summed E-state index contributed by atoms with van der Waals surface area (Å²) in [6, 6.07) is 2.84. The molecule has 0 bridgehead atoms. The Hall–Kier alpha value is -1.23. The Kier molecular flexibility index (Phi) is 3.35. The highest BCUT2D eigenvalue weighted by Crippen LogP contribution is 2.33. The van der Waals surface area contributed by atoms with E-state index < -0.39 is 5.97 Å². The van der Waals surface area contributed by atoms with Crippen LogP contribution < -0.4 is 4.74 Å². The quantitative estimate of drug-likeness (QED) is 0.875. The van der Waals surface area contributed by atoms with Crippen molar-refractivity contribution in [2.24, 2.45) is 0 Å². The minimum absolute atomic E-state index is 0.166. The van der Waals surface area contributed by atoms with Gasteiger partial charge < -0.3 is 14.9 Å². The topological polar surface area (TPSA) is 66.8 Å². The summed E-state index contributed by atoms with van der Waals surface area (Å²) < 4.78 is 5.62. The fourth-order valence-corrected chi connectivity index (χ4v) is 1.44. The minimum Gasteiger partial charge on any atom is -0.504 e. The second kappa shape index (κ2) is 4.32. The second-order valence-electron chi connectivity index (χ2n) is 2.54. The molecule has 0 heterocycles. The molecule has 0 aliphatic carbocycles. The van der Waals surface area contributed by atoms with Crippen LogP contribution in [0.5, 0.6) is 11.5 Å². The molecular formula is C9H9BrO4. The number of hydrogen-bond acceptors (Lipinski definition) is 3. The second-order valence-corrected chi connectivity index (χ2v) is 3.45. The van der Waals surface area contributed by atoms with Gasteiger partial charge in [0.1, 0.15) is 5.56 Å². The number of aromatic hydroxyl groups is 1. The average molecular weight is 261 g/mol. The first-order valence-corrected chi connectivity index (χ1v) is 4.74. The molecule has 1 aromatic carbocycles. The van der Waals surface area contributed by atoms with Gasteiger partial charge in [-0.15, -0.1) is 0 Å². The van der Waals surface area contributed by atoms with Crippen molar-refractivity contribution in [3.63, 3.8) is 0 Å². The van der Waals surface area contributed by atoms with Gasteiger partial charge >= 0.3 is 5.97 Å². The first kappa shape index (κ1) is 10.8. The lowest BCUT2D eigenvalue weighted by molar-refractivity contribution is 0.0692. The Labute approximate surface area is 89.3 Å². The van der Waals surface area contributed by atoms with Gasteiger partial charge in [0, 0.05) is 4.47 Å². The number of benzene rings is 1. The van der Waals surface area contributed by atoms with Crippen LogP contribution >= 0.6 is 15.9 Å². The van der Waals surface area contributed by atoms with E-state index in [9.17, 15) is 9.90 Å². The monoisotopic (exact) mass is 260 g/mol. The zero-order valence-electron chi connectivity index (χ0n) is 7.45. The zero-order chi connectivity index (χ0) is 10.7. The summed E-state index contributed by atoms with van der Waals surface area (Å²) in [6.07, 6.45) is 0. The van der Waals surface area contributed by atoms with E-state index in [2.05, 4.69) is 15.9 Å². The summed E-state index contributed by atoms with van der Waals surface area (Å²) >= 11 is 3.13. The highest BCUT2D eigenvalue weighted by Gasteiger charge is 2.15. The highest BCUT2D eigenvalue weighted by atomic mass is 79.9. The Balaban J connectivity index is 3.24. The van der Waals surface area contributed by atoms with Crippen LogP contribution in [0.25, 0.3) is 0 Å². The summed E-state index contributed by atoms with van der Waals surface area (Å²) in [5.74, 6) is -1.37. The number of carboxylic acid groups (broad SMARTS) is 1. The number of ether oxygens (including phenoxy) is 1. The van der Waals surface area contributed by atoms with Gasteiger partial charge in [0.05, 0.1) is 6.61 Å². The Morgan fingerprint density at radius 3 is 2.71 bits per heavy atom. The third-order valence-electron chi connectivity index (χ3n) is 1.57. The SMILES string of the molecule is CCOc1cc(Br)cc(C(=O)O)c1O. The molecule has 14 heavy (non-hydrogen) atoms. The molecule has 0 amide bonds. The smallest absolute Gasteiger partial charge is 0.339 e. The normalized spacial score (nSPS) is 9.86. The molecule has 0 fully saturated rings. The molecule has 1 rings (SSSR count). The first-order chi connectivity index (χ1) is 6.56. The Bertz CT molecular complexity index is 362. The van der Waals surface area contributed by atoms with E-state index in [4.69, 9.17) is 9.84 Å². The van der Waals surface area contributed by atoms with E-state index in [-0.39, 0.29) is 17.1 Å². The molecule has 4 nitrogen and oxygen atoms in total. The van der Waals surface area contributed by atoms with E-state index in [1.165, 1.54) is 12.1 Å². The van der Waals surface area contributed by atoms with E-state index in [0.717, 1.165) is 0 Å². The number of phenols is 1. The van der Waals surface area contributed by atoms with Crippen LogP contribution in [0.1, 0.15) is 17.3 Å². The van der Waals surface area contributed by atoms with Crippen molar-refractivity contribution < 1.29 is 19.7 Å². The number of carbonyl (C=O) groups is 1. The van der Waals surface area contributed by atoms with Crippen molar-refractivity contribution in [2.45, 2.75) is 6.92 Å². The molecule has 0 aromatic heterocycles. The van der Waals surface area contributed by atoms with E-state index in [1.54, 1.807) is 6.92 Å². The summed E-state index contributed by atoms with van der Waals surface area (Å²) in [5, 5.41) is 18.2. The largest absolute Gasteiger partial charge is 0.504 e. The maximum atomic E-state index is 10.7. The average Bonchev–Trinajstić information content (AvgIpc) is 2.10. The molecule has 0 saturated carbocycles. The fourth-order valence-electron chi connectivity index (χ4n) is 1.00. The van der Waals surface area contributed by atoms with Crippen LogP contribution in [0.2, 0.25) is 0 Å². The molecule has 0 radical (unpaired) electrons. The number of rotatable bonds is 3. The Morgan fingerprint density at radius 2 is 2.21 bits per heavy atom. The van der Waals surface area contributed by atoms with Crippen molar-refractivity contribution in [3.8, 4) is 11.5 Å². The molecule has 0 aliphatic heterocycles. The molecule has 0 saturated heterocycles. The molecule has 0 aliphatic rings. The highest BCUT2D eigenvalue weighted by molar-refractivity contribution is 9.10. The molecule has 0 unspecified atom stereocenters. The maximum Gasteiger partial charge on any atom is 0.339 e. The van der Waals surface area contributed by atoms with Crippen LogP contribution in [0.4, 0.5) is 0 Å². The lowest BCUT2D eigenvalue weighted by atomic mass is 10.2. The molecule has 1 aromatic rings. The van der Waals surface area contributed by atoms with Gasteiger partial charge in [0.25, 0.3) is 0 Å². The number of halogens is 1. The van der Waals surface area contributed by atoms with Gasteiger partial charge in [-0.3, -0.25) is 0 Å². The standard InChI is InChI=1S/C9H9BrO4/c1-2-14-7-4-5(10)3-6(8(7)11)9(12)13/h3-4,11H,2H2,1H3,(H,12,13). The van der Waals surface area contributed by atoms with Crippen molar-refractivity contribution in [1.29, 1.82) is 0 Å². The molecule has 0 atom stereocenters. The lowest BCUT2D eigenvalue weighted by Gasteiger charge is -2.08. The van der Waals surface area contributed by atoms with Gasteiger partial charge in [-0.1, -0.05) is 15.9 Å².